The molecule has 1 aromatic rings. The highest BCUT2D eigenvalue weighted by atomic mass is 19.1. The average molecular weight is 294 g/mol. The monoisotopic (exact) mass is 294 g/mol. The molecule has 0 amide bonds. The van der Waals surface area contributed by atoms with E-state index in [-0.39, 0.29) is 5.82 Å². The standard InChI is InChI=1S/C18H31FN2/c1-14(2)5-7-21(8-6-15(3)4)13-17-9-16(12-20)10-18(19)11-17/h9-11,14-15H,5-8,12-13,20H2,1-4H3. The van der Waals surface area contributed by atoms with Crippen molar-refractivity contribution in [3.8, 4) is 0 Å². The molecule has 0 fully saturated rings. The molecule has 1 rings (SSSR count). The van der Waals surface area contributed by atoms with Crippen molar-refractivity contribution in [3.63, 3.8) is 0 Å². The van der Waals surface area contributed by atoms with E-state index in [0.29, 0.717) is 18.4 Å². The average Bonchev–Trinajstić information content (AvgIpc) is 2.40. The molecular formula is C18H31FN2. The van der Waals surface area contributed by atoms with Crippen LogP contribution in [-0.2, 0) is 13.1 Å². The van der Waals surface area contributed by atoms with Crippen molar-refractivity contribution in [2.24, 2.45) is 17.6 Å². The van der Waals surface area contributed by atoms with Crippen LogP contribution in [0.15, 0.2) is 18.2 Å². The van der Waals surface area contributed by atoms with Crippen LogP contribution in [0.2, 0.25) is 0 Å². The van der Waals surface area contributed by atoms with E-state index >= 15 is 0 Å². The van der Waals surface area contributed by atoms with E-state index < -0.39 is 0 Å². The Morgan fingerprint density at radius 1 is 0.952 bits per heavy atom. The summed E-state index contributed by atoms with van der Waals surface area (Å²) in [6.07, 6.45) is 2.36. The second kappa shape index (κ2) is 9.16. The molecule has 0 aliphatic rings. The van der Waals surface area contributed by atoms with Crippen LogP contribution in [0.4, 0.5) is 4.39 Å². The van der Waals surface area contributed by atoms with Crippen LogP contribution >= 0.6 is 0 Å². The van der Waals surface area contributed by atoms with Crippen molar-refractivity contribution in [2.75, 3.05) is 13.1 Å². The summed E-state index contributed by atoms with van der Waals surface area (Å²) in [4.78, 5) is 2.44. The molecule has 0 spiro atoms. The first kappa shape index (κ1) is 18.1. The Morgan fingerprint density at radius 3 is 1.95 bits per heavy atom. The summed E-state index contributed by atoms with van der Waals surface area (Å²) in [5, 5.41) is 0. The summed E-state index contributed by atoms with van der Waals surface area (Å²) in [6.45, 7) is 12.3. The summed E-state index contributed by atoms with van der Waals surface area (Å²) in [7, 11) is 0. The Hall–Kier alpha value is -0.930. The molecule has 120 valence electrons. The minimum Gasteiger partial charge on any atom is -0.326 e. The molecule has 0 bridgehead atoms. The second-order valence-electron chi connectivity index (χ2n) is 6.81. The Kier molecular flexibility index (Phi) is 7.91. The maximum Gasteiger partial charge on any atom is 0.123 e. The third-order valence-corrected chi connectivity index (χ3v) is 3.70. The van der Waals surface area contributed by atoms with Crippen LogP contribution < -0.4 is 5.73 Å². The van der Waals surface area contributed by atoms with Gasteiger partial charge in [0.1, 0.15) is 5.82 Å². The van der Waals surface area contributed by atoms with Crippen LogP contribution in [0.25, 0.3) is 0 Å². The lowest BCUT2D eigenvalue weighted by molar-refractivity contribution is 0.235. The van der Waals surface area contributed by atoms with Crippen molar-refractivity contribution in [2.45, 2.75) is 53.6 Å². The van der Waals surface area contributed by atoms with Gasteiger partial charge in [-0.25, -0.2) is 4.39 Å². The lowest BCUT2D eigenvalue weighted by Gasteiger charge is -2.24. The number of benzene rings is 1. The van der Waals surface area contributed by atoms with Gasteiger partial charge < -0.3 is 5.73 Å². The maximum atomic E-state index is 13.6. The number of halogens is 1. The lowest BCUT2D eigenvalue weighted by Crippen LogP contribution is -2.27. The highest BCUT2D eigenvalue weighted by Gasteiger charge is 2.10. The molecule has 0 saturated carbocycles. The molecule has 3 heteroatoms. The zero-order chi connectivity index (χ0) is 15.8. The van der Waals surface area contributed by atoms with Crippen molar-refractivity contribution in [1.29, 1.82) is 0 Å². The molecule has 0 aliphatic heterocycles. The van der Waals surface area contributed by atoms with Crippen LogP contribution in [0.1, 0.15) is 51.7 Å². The van der Waals surface area contributed by atoms with E-state index in [1.54, 1.807) is 6.07 Å². The predicted molar refractivity (Wildman–Crippen MR) is 88.5 cm³/mol. The fourth-order valence-corrected chi connectivity index (χ4v) is 2.34. The van der Waals surface area contributed by atoms with Gasteiger partial charge in [0.2, 0.25) is 0 Å². The molecule has 0 radical (unpaired) electrons. The summed E-state index contributed by atoms with van der Waals surface area (Å²) in [6, 6.07) is 5.19. The zero-order valence-electron chi connectivity index (χ0n) is 14.0. The van der Waals surface area contributed by atoms with Gasteiger partial charge in [0.05, 0.1) is 0 Å². The largest absolute Gasteiger partial charge is 0.326 e. The van der Waals surface area contributed by atoms with Crippen molar-refractivity contribution >= 4 is 0 Å². The van der Waals surface area contributed by atoms with Gasteiger partial charge in [0, 0.05) is 13.1 Å². The summed E-state index contributed by atoms with van der Waals surface area (Å²) >= 11 is 0. The van der Waals surface area contributed by atoms with E-state index in [1.165, 1.54) is 18.9 Å². The van der Waals surface area contributed by atoms with Gasteiger partial charge in [-0.1, -0.05) is 33.8 Å². The first-order valence-electron chi connectivity index (χ1n) is 8.11. The third kappa shape index (κ3) is 7.58. The first-order valence-corrected chi connectivity index (χ1v) is 8.11. The van der Waals surface area contributed by atoms with E-state index in [2.05, 4.69) is 32.6 Å². The van der Waals surface area contributed by atoms with E-state index in [9.17, 15) is 4.39 Å². The van der Waals surface area contributed by atoms with Gasteiger partial charge in [-0.3, -0.25) is 4.90 Å². The van der Waals surface area contributed by atoms with Gasteiger partial charge >= 0.3 is 0 Å². The Balaban J connectivity index is 2.71. The summed E-state index contributed by atoms with van der Waals surface area (Å²) < 4.78 is 13.6. The van der Waals surface area contributed by atoms with Gasteiger partial charge in [-0.2, -0.15) is 0 Å². The molecular weight excluding hydrogens is 263 g/mol. The molecule has 21 heavy (non-hydrogen) atoms. The maximum absolute atomic E-state index is 13.6. The van der Waals surface area contributed by atoms with Gasteiger partial charge in [0.15, 0.2) is 0 Å². The number of nitrogens with zero attached hydrogens (tertiary/aromatic N) is 1. The normalized spacial score (nSPS) is 11.9. The van der Waals surface area contributed by atoms with E-state index in [1.807, 2.05) is 6.07 Å². The Labute approximate surface area is 129 Å². The molecule has 0 aromatic heterocycles. The quantitative estimate of drug-likeness (QED) is 0.740. The lowest BCUT2D eigenvalue weighted by atomic mass is 10.1. The smallest absolute Gasteiger partial charge is 0.123 e. The van der Waals surface area contributed by atoms with Crippen molar-refractivity contribution in [3.05, 3.63) is 35.1 Å². The highest BCUT2D eigenvalue weighted by Crippen LogP contribution is 2.14. The topological polar surface area (TPSA) is 29.3 Å². The third-order valence-electron chi connectivity index (χ3n) is 3.70. The molecule has 0 heterocycles. The number of hydrogen-bond donors (Lipinski definition) is 1. The van der Waals surface area contributed by atoms with Crippen LogP contribution in [0, 0.1) is 17.7 Å². The molecule has 2 nitrogen and oxygen atoms in total. The SMILES string of the molecule is CC(C)CCN(CCC(C)C)Cc1cc(F)cc(CN)c1. The van der Waals surface area contributed by atoms with Gasteiger partial charge in [-0.15, -0.1) is 0 Å². The zero-order valence-corrected chi connectivity index (χ0v) is 14.0. The molecule has 2 N–H and O–H groups in total. The van der Waals surface area contributed by atoms with Crippen molar-refractivity contribution < 1.29 is 4.39 Å². The minimum atomic E-state index is -0.180. The minimum absolute atomic E-state index is 0.180. The highest BCUT2D eigenvalue weighted by molar-refractivity contribution is 5.24. The second-order valence-corrected chi connectivity index (χ2v) is 6.81. The van der Waals surface area contributed by atoms with Crippen molar-refractivity contribution in [1.82, 2.24) is 4.90 Å². The number of hydrogen-bond acceptors (Lipinski definition) is 2. The Morgan fingerprint density at radius 2 is 1.48 bits per heavy atom. The van der Waals surface area contributed by atoms with Crippen LogP contribution in [0.3, 0.4) is 0 Å². The van der Waals surface area contributed by atoms with Crippen LogP contribution in [0.5, 0.6) is 0 Å². The fourth-order valence-electron chi connectivity index (χ4n) is 2.34. The molecule has 0 unspecified atom stereocenters. The number of nitrogens with two attached hydrogens (primary N) is 1. The predicted octanol–water partition coefficient (Wildman–Crippen LogP) is 4.18. The van der Waals surface area contributed by atoms with Gasteiger partial charge in [-0.05, 0) is 61.0 Å². The molecule has 0 atom stereocenters. The molecule has 0 saturated heterocycles. The number of rotatable bonds is 9. The first-order chi connectivity index (χ1) is 9.90. The van der Waals surface area contributed by atoms with Crippen LogP contribution in [-0.4, -0.2) is 18.0 Å². The summed E-state index contributed by atoms with van der Waals surface area (Å²) in [5.74, 6) is 1.21. The Bertz CT molecular complexity index is 404. The summed E-state index contributed by atoms with van der Waals surface area (Å²) in [5.41, 5.74) is 7.54. The fraction of sp³-hybridized carbons (Fsp3) is 0.667. The molecule has 0 aliphatic carbocycles. The molecule has 1 aromatic carbocycles. The van der Waals surface area contributed by atoms with E-state index in [0.717, 1.165) is 30.8 Å². The van der Waals surface area contributed by atoms with Gasteiger partial charge in [0.25, 0.3) is 0 Å². The van der Waals surface area contributed by atoms with E-state index in [4.69, 9.17) is 5.73 Å².